The summed E-state index contributed by atoms with van der Waals surface area (Å²) in [6, 6.07) is 0.873. The molecule has 1 N–H and O–H groups in total. The fourth-order valence-corrected chi connectivity index (χ4v) is 2.29. The molecule has 1 aliphatic rings. The minimum Gasteiger partial charge on any atom is -0.349 e. The molecule has 1 heterocycles. The molecule has 21 heavy (non-hydrogen) atoms. The van der Waals surface area contributed by atoms with Crippen LogP contribution in [0.2, 0.25) is 0 Å². The van der Waals surface area contributed by atoms with Crippen molar-refractivity contribution < 1.29 is 18.5 Å². The number of carbonyl (C=O) groups is 1. The van der Waals surface area contributed by atoms with Gasteiger partial charge in [0.1, 0.15) is 5.56 Å². The second-order valence-corrected chi connectivity index (χ2v) is 5.09. The lowest BCUT2D eigenvalue weighted by atomic mass is 10.0. The van der Waals surface area contributed by atoms with Crippen molar-refractivity contribution in [3.63, 3.8) is 0 Å². The zero-order valence-electron chi connectivity index (χ0n) is 11.4. The summed E-state index contributed by atoms with van der Waals surface area (Å²) >= 11 is 0. The first-order chi connectivity index (χ1) is 9.88. The van der Waals surface area contributed by atoms with Crippen molar-refractivity contribution in [1.82, 2.24) is 10.2 Å². The lowest BCUT2D eigenvalue weighted by Crippen LogP contribution is -2.43. The van der Waals surface area contributed by atoms with E-state index in [1.165, 1.54) is 0 Å². The Morgan fingerprint density at radius 2 is 1.90 bits per heavy atom. The standard InChI is InChI=1S/C13H15F2N3O3/c1-17-4-2-8(3-5-17)16-13(19)9-6-10(14)11(15)7-12(9)18(20)21/h6-8H,2-5H2,1H3,(H,16,19). The second-order valence-electron chi connectivity index (χ2n) is 5.09. The molecule has 2 rings (SSSR count). The van der Waals surface area contributed by atoms with E-state index in [0.717, 1.165) is 13.1 Å². The fraction of sp³-hybridized carbons (Fsp3) is 0.462. The van der Waals surface area contributed by atoms with E-state index in [0.29, 0.717) is 25.0 Å². The lowest BCUT2D eigenvalue weighted by molar-refractivity contribution is -0.385. The van der Waals surface area contributed by atoms with Crippen LogP contribution in [0, 0.1) is 21.7 Å². The van der Waals surface area contributed by atoms with E-state index < -0.39 is 33.7 Å². The van der Waals surface area contributed by atoms with Crippen LogP contribution in [-0.2, 0) is 0 Å². The van der Waals surface area contributed by atoms with Gasteiger partial charge in [-0.05, 0) is 39.0 Å². The highest BCUT2D eigenvalue weighted by molar-refractivity contribution is 5.98. The Morgan fingerprint density at radius 3 is 2.48 bits per heavy atom. The van der Waals surface area contributed by atoms with Crippen molar-refractivity contribution in [2.24, 2.45) is 0 Å². The summed E-state index contributed by atoms with van der Waals surface area (Å²) in [5, 5.41) is 13.5. The Balaban J connectivity index is 2.18. The molecule has 1 aliphatic heterocycles. The van der Waals surface area contributed by atoms with Gasteiger partial charge in [-0.1, -0.05) is 0 Å². The van der Waals surface area contributed by atoms with Gasteiger partial charge in [-0.3, -0.25) is 14.9 Å². The number of likely N-dealkylation sites (tertiary alicyclic amines) is 1. The molecule has 114 valence electrons. The Hall–Kier alpha value is -2.09. The summed E-state index contributed by atoms with van der Waals surface area (Å²) in [6.07, 6.45) is 1.42. The maximum atomic E-state index is 13.2. The van der Waals surface area contributed by atoms with E-state index in [1.807, 2.05) is 7.05 Å². The summed E-state index contributed by atoms with van der Waals surface area (Å²) in [5.41, 5.74) is -1.20. The van der Waals surface area contributed by atoms with Crippen molar-refractivity contribution >= 4 is 11.6 Å². The fourth-order valence-electron chi connectivity index (χ4n) is 2.29. The summed E-state index contributed by atoms with van der Waals surface area (Å²) in [5.74, 6) is -3.39. The maximum absolute atomic E-state index is 13.2. The number of nitrogens with one attached hydrogen (secondary N) is 1. The van der Waals surface area contributed by atoms with Gasteiger partial charge in [0.2, 0.25) is 0 Å². The van der Waals surface area contributed by atoms with Crippen LogP contribution in [0.3, 0.4) is 0 Å². The number of nitrogens with zero attached hydrogens (tertiary/aromatic N) is 2. The van der Waals surface area contributed by atoms with Crippen LogP contribution in [0.25, 0.3) is 0 Å². The third kappa shape index (κ3) is 3.52. The molecule has 1 saturated heterocycles. The van der Waals surface area contributed by atoms with Crippen LogP contribution in [0.5, 0.6) is 0 Å². The van der Waals surface area contributed by atoms with Gasteiger partial charge in [0.05, 0.1) is 11.0 Å². The number of nitro benzene ring substituents is 1. The van der Waals surface area contributed by atoms with Crippen molar-refractivity contribution in [2.75, 3.05) is 20.1 Å². The quantitative estimate of drug-likeness (QED) is 0.681. The van der Waals surface area contributed by atoms with Gasteiger partial charge in [-0.2, -0.15) is 0 Å². The van der Waals surface area contributed by atoms with Crippen molar-refractivity contribution in [1.29, 1.82) is 0 Å². The molecule has 0 saturated carbocycles. The van der Waals surface area contributed by atoms with Gasteiger partial charge in [-0.25, -0.2) is 8.78 Å². The van der Waals surface area contributed by atoms with Crippen LogP contribution in [0.4, 0.5) is 14.5 Å². The van der Waals surface area contributed by atoms with Crippen LogP contribution in [0.15, 0.2) is 12.1 Å². The van der Waals surface area contributed by atoms with E-state index in [2.05, 4.69) is 10.2 Å². The average molecular weight is 299 g/mol. The molecule has 0 bridgehead atoms. The molecular weight excluding hydrogens is 284 g/mol. The first kappa shape index (κ1) is 15.3. The third-order valence-corrected chi connectivity index (χ3v) is 3.53. The molecular formula is C13H15F2N3O3. The monoisotopic (exact) mass is 299 g/mol. The number of piperidine rings is 1. The number of hydrogen-bond donors (Lipinski definition) is 1. The zero-order chi connectivity index (χ0) is 15.6. The molecule has 0 spiro atoms. The normalized spacial score (nSPS) is 16.7. The van der Waals surface area contributed by atoms with Gasteiger partial charge in [0.25, 0.3) is 11.6 Å². The highest BCUT2D eigenvalue weighted by Gasteiger charge is 2.26. The highest BCUT2D eigenvalue weighted by Crippen LogP contribution is 2.22. The van der Waals surface area contributed by atoms with E-state index >= 15 is 0 Å². The summed E-state index contributed by atoms with van der Waals surface area (Å²) in [4.78, 5) is 24.1. The molecule has 1 fully saturated rings. The molecule has 0 radical (unpaired) electrons. The Kier molecular flexibility index (Phi) is 4.46. The van der Waals surface area contributed by atoms with Gasteiger partial charge in [0, 0.05) is 6.04 Å². The highest BCUT2D eigenvalue weighted by atomic mass is 19.2. The van der Waals surface area contributed by atoms with Gasteiger partial charge >= 0.3 is 0 Å². The maximum Gasteiger partial charge on any atom is 0.285 e. The summed E-state index contributed by atoms with van der Waals surface area (Å²) in [7, 11) is 1.96. The molecule has 0 aliphatic carbocycles. The van der Waals surface area contributed by atoms with Crippen molar-refractivity contribution in [3.05, 3.63) is 39.4 Å². The number of hydrogen-bond acceptors (Lipinski definition) is 4. The average Bonchev–Trinajstić information content (AvgIpc) is 2.43. The largest absolute Gasteiger partial charge is 0.349 e. The number of amides is 1. The van der Waals surface area contributed by atoms with Crippen LogP contribution < -0.4 is 5.32 Å². The Labute approximate surface area is 119 Å². The first-order valence-corrected chi connectivity index (χ1v) is 6.51. The zero-order valence-corrected chi connectivity index (χ0v) is 11.4. The minimum absolute atomic E-state index is 0.124. The first-order valence-electron chi connectivity index (χ1n) is 6.51. The van der Waals surface area contributed by atoms with Crippen molar-refractivity contribution in [2.45, 2.75) is 18.9 Å². The molecule has 1 aromatic carbocycles. The van der Waals surface area contributed by atoms with Crippen LogP contribution >= 0.6 is 0 Å². The molecule has 8 heteroatoms. The summed E-state index contributed by atoms with van der Waals surface area (Å²) in [6.45, 7) is 1.59. The van der Waals surface area contributed by atoms with Crippen molar-refractivity contribution in [3.8, 4) is 0 Å². The van der Waals surface area contributed by atoms with Crippen LogP contribution in [0.1, 0.15) is 23.2 Å². The molecule has 0 unspecified atom stereocenters. The molecule has 0 atom stereocenters. The number of rotatable bonds is 3. The van der Waals surface area contributed by atoms with E-state index in [1.54, 1.807) is 0 Å². The SMILES string of the molecule is CN1CCC(NC(=O)c2cc(F)c(F)cc2[N+](=O)[O-])CC1. The number of nitro groups is 1. The molecule has 1 amide bonds. The van der Waals surface area contributed by atoms with E-state index in [9.17, 15) is 23.7 Å². The predicted octanol–water partition coefficient (Wildman–Crippen LogP) is 1.70. The minimum atomic E-state index is -1.35. The molecule has 6 nitrogen and oxygen atoms in total. The van der Waals surface area contributed by atoms with Gasteiger partial charge in [0.15, 0.2) is 11.6 Å². The predicted molar refractivity (Wildman–Crippen MR) is 71.0 cm³/mol. The Morgan fingerprint density at radius 1 is 1.33 bits per heavy atom. The number of carbonyl (C=O) groups excluding carboxylic acids is 1. The molecule has 1 aromatic rings. The molecule has 0 aromatic heterocycles. The van der Waals surface area contributed by atoms with Crippen LogP contribution in [-0.4, -0.2) is 41.9 Å². The van der Waals surface area contributed by atoms with Gasteiger partial charge < -0.3 is 10.2 Å². The number of halogens is 2. The lowest BCUT2D eigenvalue weighted by Gasteiger charge is -2.29. The Bertz CT molecular complexity index is 572. The van der Waals surface area contributed by atoms with E-state index in [4.69, 9.17) is 0 Å². The number of benzene rings is 1. The second kappa shape index (κ2) is 6.13. The van der Waals surface area contributed by atoms with Gasteiger partial charge in [-0.15, -0.1) is 0 Å². The van der Waals surface area contributed by atoms with E-state index in [-0.39, 0.29) is 6.04 Å². The topological polar surface area (TPSA) is 75.5 Å². The smallest absolute Gasteiger partial charge is 0.285 e. The summed E-state index contributed by atoms with van der Waals surface area (Å²) < 4.78 is 26.3. The third-order valence-electron chi connectivity index (χ3n) is 3.53.